The molecule has 2 rings (SSSR count). The maximum atomic E-state index is 12.4. The molecule has 0 radical (unpaired) electrons. The largest absolute Gasteiger partial charge is 0.495 e. The van der Waals surface area contributed by atoms with E-state index in [0.29, 0.717) is 29.1 Å². The normalized spacial score (nSPS) is 10.1. The van der Waals surface area contributed by atoms with Gasteiger partial charge in [-0.05, 0) is 36.6 Å². The summed E-state index contributed by atoms with van der Waals surface area (Å²) in [6.07, 6.45) is 2.35. The smallest absolute Gasteiger partial charge is 0.255 e. The van der Waals surface area contributed by atoms with Gasteiger partial charge >= 0.3 is 0 Å². The number of hydrogen-bond donors (Lipinski definition) is 2. The number of carbonyl (C=O) groups is 2. The lowest BCUT2D eigenvalue weighted by atomic mass is 10.1. The first-order chi connectivity index (χ1) is 11.6. The Hall–Kier alpha value is -2.47. The number of anilines is 2. The zero-order valence-electron chi connectivity index (χ0n) is 13.7. The van der Waals surface area contributed by atoms with Gasteiger partial charge in [-0.15, -0.1) is 0 Å². The van der Waals surface area contributed by atoms with Gasteiger partial charge in [0.25, 0.3) is 5.91 Å². The van der Waals surface area contributed by atoms with Crippen LogP contribution in [0.2, 0.25) is 0 Å². The molecule has 0 aromatic heterocycles. The molecule has 126 valence electrons. The minimum atomic E-state index is -0.247. The number of benzene rings is 2. The van der Waals surface area contributed by atoms with E-state index in [9.17, 15) is 9.59 Å². The molecule has 2 aromatic carbocycles. The second kappa shape index (κ2) is 8.98. The van der Waals surface area contributed by atoms with E-state index in [1.807, 2.05) is 36.6 Å². The van der Waals surface area contributed by atoms with Crippen LogP contribution in [0.5, 0.6) is 5.75 Å². The van der Waals surface area contributed by atoms with Crippen LogP contribution in [-0.2, 0) is 4.79 Å². The van der Waals surface area contributed by atoms with Gasteiger partial charge in [0, 0.05) is 23.4 Å². The first-order valence-electron chi connectivity index (χ1n) is 7.47. The quantitative estimate of drug-likeness (QED) is 0.805. The first-order valence-corrected chi connectivity index (χ1v) is 8.86. The highest BCUT2D eigenvalue weighted by Crippen LogP contribution is 2.26. The van der Waals surface area contributed by atoms with E-state index >= 15 is 0 Å². The van der Waals surface area contributed by atoms with Gasteiger partial charge in [0.2, 0.25) is 5.91 Å². The van der Waals surface area contributed by atoms with Crippen LogP contribution in [0.4, 0.5) is 11.4 Å². The molecule has 24 heavy (non-hydrogen) atoms. The Bertz CT molecular complexity index is 705. The van der Waals surface area contributed by atoms with Gasteiger partial charge in [-0.3, -0.25) is 9.59 Å². The van der Waals surface area contributed by atoms with Gasteiger partial charge in [-0.25, -0.2) is 0 Å². The van der Waals surface area contributed by atoms with Crippen molar-refractivity contribution in [2.75, 3.05) is 29.8 Å². The van der Waals surface area contributed by atoms with Crippen LogP contribution in [0.25, 0.3) is 0 Å². The minimum absolute atomic E-state index is 0.108. The first kappa shape index (κ1) is 17.9. The van der Waals surface area contributed by atoms with Crippen LogP contribution in [0.3, 0.4) is 0 Å². The maximum absolute atomic E-state index is 12.4. The van der Waals surface area contributed by atoms with E-state index in [-0.39, 0.29) is 11.8 Å². The summed E-state index contributed by atoms with van der Waals surface area (Å²) >= 11 is 1.60. The zero-order valence-corrected chi connectivity index (χ0v) is 14.5. The Morgan fingerprint density at radius 1 is 1.08 bits per heavy atom. The molecule has 0 saturated heterocycles. The van der Waals surface area contributed by atoms with Crippen molar-refractivity contribution in [1.82, 2.24) is 0 Å². The van der Waals surface area contributed by atoms with E-state index in [0.717, 1.165) is 5.75 Å². The van der Waals surface area contributed by atoms with Crippen molar-refractivity contribution in [1.29, 1.82) is 0 Å². The third kappa shape index (κ3) is 5.03. The SMILES string of the molecule is COc1ccc(C(=O)Nc2ccccc2)cc1NC(=O)CCSC. The number of amides is 2. The number of thioether (sulfide) groups is 1. The molecule has 2 aromatic rings. The van der Waals surface area contributed by atoms with Crippen molar-refractivity contribution in [2.24, 2.45) is 0 Å². The molecule has 0 aliphatic heterocycles. The Morgan fingerprint density at radius 3 is 2.50 bits per heavy atom. The average molecular weight is 344 g/mol. The lowest BCUT2D eigenvalue weighted by Crippen LogP contribution is -2.15. The monoisotopic (exact) mass is 344 g/mol. The third-order valence-electron chi connectivity index (χ3n) is 3.30. The molecule has 0 aliphatic rings. The van der Waals surface area contributed by atoms with Crippen LogP contribution in [0, 0.1) is 0 Å². The fraction of sp³-hybridized carbons (Fsp3) is 0.222. The average Bonchev–Trinajstić information content (AvgIpc) is 2.60. The van der Waals surface area contributed by atoms with Crippen LogP contribution in [0.1, 0.15) is 16.8 Å². The summed E-state index contributed by atoms with van der Waals surface area (Å²) in [4.78, 5) is 24.3. The molecule has 5 nitrogen and oxygen atoms in total. The molecule has 2 N–H and O–H groups in total. The summed E-state index contributed by atoms with van der Waals surface area (Å²) in [5.41, 5.74) is 1.65. The van der Waals surface area contributed by atoms with E-state index < -0.39 is 0 Å². The number of hydrogen-bond acceptors (Lipinski definition) is 4. The van der Waals surface area contributed by atoms with Gasteiger partial charge in [0.1, 0.15) is 5.75 Å². The second-order valence-corrected chi connectivity index (χ2v) is 6.01. The highest BCUT2D eigenvalue weighted by molar-refractivity contribution is 7.98. The van der Waals surface area contributed by atoms with Crippen LogP contribution < -0.4 is 15.4 Å². The molecule has 0 spiro atoms. The Labute approximate surface area is 145 Å². The number of carbonyl (C=O) groups excluding carboxylic acids is 2. The Balaban J connectivity index is 2.15. The van der Waals surface area contributed by atoms with Crippen molar-refractivity contribution in [3.8, 4) is 5.75 Å². The fourth-order valence-corrected chi connectivity index (χ4v) is 2.47. The highest BCUT2D eigenvalue weighted by atomic mass is 32.2. The van der Waals surface area contributed by atoms with Gasteiger partial charge in [-0.2, -0.15) is 11.8 Å². The van der Waals surface area contributed by atoms with E-state index in [1.54, 1.807) is 30.0 Å². The minimum Gasteiger partial charge on any atom is -0.495 e. The summed E-state index contributed by atoms with van der Waals surface area (Å²) in [6, 6.07) is 14.2. The number of ether oxygens (including phenoxy) is 1. The van der Waals surface area contributed by atoms with E-state index in [1.165, 1.54) is 7.11 Å². The molecule has 0 aliphatic carbocycles. The Kier molecular flexibility index (Phi) is 6.69. The topological polar surface area (TPSA) is 67.4 Å². The standard InChI is InChI=1S/C18H20N2O3S/c1-23-16-9-8-13(12-15(16)20-17(21)10-11-24-2)18(22)19-14-6-4-3-5-7-14/h3-9,12H,10-11H2,1-2H3,(H,19,22)(H,20,21). The van der Waals surface area contributed by atoms with Crippen LogP contribution in [-0.4, -0.2) is 30.9 Å². The molecule has 0 fully saturated rings. The van der Waals surface area contributed by atoms with Gasteiger partial charge < -0.3 is 15.4 Å². The molecule has 0 bridgehead atoms. The molecule has 2 amide bonds. The number of para-hydroxylation sites is 1. The van der Waals surface area contributed by atoms with Gasteiger partial charge in [0.15, 0.2) is 0 Å². The third-order valence-corrected chi connectivity index (χ3v) is 3.91. The molecule has 6 heteroatoms. The number of rotatable bonds is 7. The molecular weight excluding hydrogens is 324 g/mol. The van der Waals surface area contributed by atoms with Crippen molar-refractivity contribution < 1.29 is 14.3 Å². The molecule has 0 saturated carbocycles. The summed E-state index contributed by atoms with van der Waals surface area (Å²) in [5.74, 6) is 0.901. The Morgan fingerprint density at radius 2 is 1.83 bits per heavy atom. The molecule has 0 atom stereocenters. The van der Waals surface area contributed by atoms with E-state index in [4.69, 9.17) is 4.74 Å². The van der Waals surface area contributed by atoms with Crippen molar-refractivity contribution >= 4 is 35.0 Å². The predicted molar refractivity (Wildman–Crippen MR) is 99.0 cm³/mol. The molecule has 0 heterocycles. The van der Waals surface area contributed by atoms with Crippen molar-refractivity contribution in [3.05, 3.63) is 54.1 Å². The summed E-state index contributed by atoms with van der Waals surface area (Å²) in [5, 5.41) is 5.61. The molecular formula is C18H20N2O3S. The second-order valence-electron chi connectivity index (χ2n) is 5.03. The van der Waals surface area contributed by atoms with E-state index in [2.05, 4.69) is 10.6 Å². The van der Waals surface area contributed by atoms with Crippen molar-refractivity contribution in [3.63, 3.8) is 0 Å². The predicted octanol–water partition coefficient (Wildman–Crippen LogP) is 3.64. The lowest BCUT2D eigenvalue weighted by molar-refractivity contribution is -0.115. The van der Waals surface area contributed by atoms with Crippen molar-refractivity contribution in [2.45, 2.75) is 6.42 Å². The van der Waals surface area contributed by atoms with Crippen LogP contribution >= 0.6 is 11.8 Å². The fourth-order valence-electron chi connectivity index (χ4n) is 2.08. The maximum Gasteiger partial charge on any atom is 0.255 e. The number of methoxy groups -OCH3 is 1. The summed E-state index contributed by atoms with van der Waals surface area (Å²) in [7, 11) is 1.52. The van der Waals surface area contributed by atoms with Gasteiger partial charge in [-0.1, -0.05) is 18.2 Å². The highest BCUT2D eigenvalue weighted by Gasteiger charge is 2.12. The number of nitrogens with one attached hydrogen (secondary N) is 2. The van der Waals surface area contributed by atoms with Crippen LogP contribution in [0.15, 0.2) is 48.5 Å². The van der Waals surface area contributed by atoms with Gasteiger partial charge in [0.05, 0.1) is 12.8 Å². The summed E-state index contributed by atoms with van der Waals surface area (Å²) in [6.45, 7) is 0. The summed E-state index contributed by atoms with van der Waals surface area (Å²) < 4.78 is 5.25. The molecule has 0 unspecified atom stereocenters. The zero-order chi connectivity index (χ0) is 17.4. The lowest BCUT2D eigenvalue weighted by Gasteiger charge is -2.12.